The van der Waals surface area contributed by atoms with Crippen LogP contribution in [0.3, 0.4) is 0 Å². The number of aliphatic hydroxyl groups excluding tert-OH is 1. The first-order valence-electron chi connectivity index (χ1n) is 11.0. The van der Waals surface area contributed by atoms with Gasteiger partial charge < -0.3 is 9.84 Å². The average molecular weight is 536 g/mol. The summed E-state index contributed by atoms with van der Waals surface area (Å²) in [7, 11) is 0. The van der Waals surface area contributed by atoms with E-state index in [0.717, 1.165) is 10.4 Å². The Morgan fingerprint density at radius 3 is 2.36 bits per heavy atom. The maximum atomic E-state index is 13.2. The Bertz CT molecular complexity index is 1500. The largest absolute Gasteiger partial charge is 0.507 e. The number of nitrogens with zero attached hydrogens (tertiary/aromatic N) is 1. The van der Waals surface area contributed by atoms with Crippen molar-refractivity contribution in [2.75, 3.05) is 4.90 Å². The SMILES string of the molecule is Cc1cccc(Oc2ccc(N3C(=O)C(=O)/C(=C(\O)c4ccc(Cl)c(Cl)c4)C3c3cccs3)cc2)c1. The number of rotatable bonds is 5. The number of amides is 1. The molecule has 5 rings (SSSR count). The predicted octanol–water partition coefficient (Wildman–Crippen LogP) is 7.78. The van der Waals surface area contributed by atoms with Gasteiger partial charge in [0.1, 0.15) is 23.3 Å². The van der Waals surface area contributed by atoms with Gasteiger partial charge in [-0.3, -0.25) is 14.5 Å². The lowest BCUT2D eigenvalue weighted by Crippen LogP contribution is -2.29. The van der Waals surface area contributed by atoms with Crippen molar-refractivity contribution in [3.05, 3.63) is 116 Å². The number of hydrogen-bond donors (Lipinski definition) is 1. The van der Waals surface area contributed by atoms with Crippen LogP contribution in [0.2, 0.25) is 10.0 Å². The number of Topliss-reactive ketones (excluding diaryl/α,β-unsaturated/α-hetero) is 1. The van der Waals surface area contributed by atoms with Gasteiger partial charge in [-0.1, -0.05) is 41.4 Å². The molecule has 1 amide bonds. The van der Waals surface area contributed by atoms with Crippen LogP contribution in [0, 0.1) is 6.92 Å². The van der Waals surface area contributed by atoms with Gasteiger partial charge in [0, 0.05) is 16.1 Å². The molecule has 8 heteroatoms. The molecule has 1 N–H and O–H groups in total. The summed E-state index contributed by atoms with van der Waals surface area (Å²) in [5.74, 6) is -0.542. The van der Waals surface area contributed by atoms with Crippen molar-refractivity contribution in [3.63, 3.8) is 0 Å². The quantitative estimate of drug-likeness (QED) is 0.161. The Labute approximate surface area is 221 Å². The highest BCUT2D eigenvalue weighted by atomic mass is 35.5. The van der Waals surface area contributed by atoms with Crippen LogP contribution in [0.5, 0.6) is 11.5 Å². The van der Waals surface area contributed by atoms with Gasteiger partial charge in [-0.25, -0.2) is 0 Å². The molecule has 0 bridgehead atoms. The number of carbonyl (C=O) groups is 2. The van der Waals surface area contributed by atoms with E-state index in [4.69, 9.17) is 27.9 Å². The molecule has 1 aliphatic rings. The van der Waals surface area contributed by atoms with Crippen molar-refractivity contribution in [2.45, 2.75) is 13.0 Å². The summed E-state index contributed by atoms with van der Waals surface area (Å²) < 4.78 is 5.92. The summed E-state index contributed by atoms with van der Waals surface area (Å²) in [6.45, 7) is 1.98. The topological polar surface area (TPSA) is 66.8 Å². The molecule has 1 saturated heterocycles. The van der Waals surface area contributed by atoms with Gasteiger partial charge in [0.2, 0.25) is 0 Å². The van der Waals surface area contributed by atoms with Gasteiger partial charge in [0.15, 0.2) is 0 Å². The van der Waals surface area contributed by atoms with Gasteiger partial charge in [-0.15, -0.1) is 11.3 Å². The molecule has 4 aromatic rings. The highest BCUT2D eigenvalue weighted by Gasteiger charge is 2.47. The molecule has 1 aliphatic heterocycles. The zero-order valence-electron chi connectivity index (χ0n) is 18.9. The first-order chi connectivity index (χ1) is 17.3. The Kier molecular flexibility index (Phi) is 6.58. The first kappa shape index (κ1) is 24.1. The summed E-state index contributed by atoms with van der Waals surface area (Å²) >= 11 is 13.5. The maximum Gasteiger partial charge on any atom is 0.300 e. The van der Waals surface area contributed by atoms with Crippen molar-refractivity contribution in [1.29, 1.82) is 0 Å². The molecule has 0 aliphatic carbocycles. The summed E-state index contributed by atoms with van der Waals surface area (Å²) in [5.41, 5.74) is 1.86. The number of ketones is 1. The standard InChI is InChI=1S/C28H19Cl2NO4S/c1-16-4-2-5-20(14-16)35-19-10-8-18(9-11-19)31-25(23-6-3-13-36-23)24(27(33)28(31)34)26(32)17-7-12-21(29)22(30)15-17/h2-15,25,32H,1H3/b26-24-. The van der Waals surface area contributed by atoms with Crippen LogP contribution in [-0.2, 0) is 9.59 Å². The molecule has 1 aromatic heterocycles. The van der Waals surface area contributed by atoms with E-state index in [2.05, 4.69) is 0 Å². The van der Waals surface area contributed by atoms with Crippen LogP contribution in [0.4, 0.5) is 5.69 Å². The molecule has 0 spiro atoms. The molecule has 1 unspecified atom stereocenters. The maximum absolute atomic E-state index is 13.2. The predicted molar refractivity (Wildman–Crippen MR) is 143 cm³/mol. The molecule has 5 nitrogen and oxygen atoms in total. The fourth-order valence-electron chi connectivity index (χ4n) is 4.10. The Morgan fingerprint density at radius 1 is 0.917 bits per heavy atom. The van der Waals surface area contributed by atoms with Crippen molar-refractivity contribution < 1.29 is 19.4 Å². The molecule has 0 radical (unpaired) electrons. The zero-order chi connectivity index (χ0) is 25.4. The fraction of sp³-hybridized carbons (Fsp3) is 0.0714. The molecule has 3 aromatic carbocycles. The minimum absolute atomic E-state index is 0.0130. The molecule has 1 fully saturated rings. The van der Waals surface area contributed by atoms with Gasteiger partial charge in [0.05, 0.1) is 15.6 Å². The Balaban J connectivity index is 1.55. The Morgan fingerprint density at radius 2 is 1.69 bits per heavy atom. The number of ether oxygens (including phenoxy) is 1. The molecule has 1 atom stereocenters. The zero-order valence-corrected chi connectivity index (χ0v) is 21.3. The minimum atomic E-state index is -0.803. The van der Waals surface area contributed by atoms with Crippen LogP contribution in [0.15, 0.2) is 89.8 Å². The molecule has 180 valence electrons. The fourth-order valence-corrected chi connectivity index (χ4v) is 5.23. The van der Waals surface area contributed by atoms with Crippen molar-refractivity contribution in [1.82, 2.24) is 0 Å². The van der Waals surface area contributed by atoms with Crippen molar-refractivity contribution >= 4 is 57.7 Å². The third-order valence-corrected chi connectivity index (χ3v) is 7.45. The lowest BCUT2D eigenvalue weighted by atomic mass is 9.99. The molecular weight excluding hydrogens is 517 g/mol. The summed E-state index contributed by atoms with van der Waals surface area (Å²) in [4.78, 5) is 28.6. The van der Waals surface area contributed by atoms with E-state index in [9.17, 15) is 14.7 Å². The summed E-state index contributed by atoms with van der Waals surface area (Å²) in [6, 6.07) is 22.0. The number of hydrogen-bond acceptors (Lipinski definition) is 5. The molecule has 2 heterocycles. The van der Waals surface area contributed by atoms with E-state index in [0.29, 0.717) is 27.8 Å². The second-order valence-corrected chi connectivity index (χ2v) is 10.0. The van der Waals surface area contributed by atoms with Gasteiger partial charge >= 0.3 is 0 Å². The van der Waals surface area contributed by atoms with E-state index in [1.165, 1.54) is 28.4 Å². The van der Waals surface area contributed by atoms with E-state index in [1.807, 2.05) is 48.7 Å². The van der Waals surface area contributed by atoms with Gasteiger partial charge in [-0.2, -0.15) is 0 Å². The summed E-state index contributed by atoms with van der Waals surface area (Å²) in [6.07, 6.45) is 0. The number of benzene rings is 3. The smallest absolute Gasteiger partial charge is 0.300 e. The highest BCUT2D eigenvalue weighted by Crippen LogP contribution is 2.44. The lowest BCUT2D eigenvalue weighted by molar-refractivity contribution is -0.132. The third-order valence-electron chi connectivity index (χ3n) is 5.79. The normalized spacial score (nSPS) is 17.0. The van der Waals surface area contributed by atoms with Crippen LogP contribution < -0.4 is 9.64 Å². The van der Waals surface area contributed by atoms with Crippen molar-refractivity contribution in [2.24, 2.45) is 0 Å². The highest BCUT2D eigenvalue weighted by molar-refractivity contribution is 7.10. The van der Waals surface area contributed by atoms with Crippen molar-refractivity contribution in [3.8, 4) is 11.5 Å². The second-order valence-electron chi connectivity index (χ2n) is 8.23. The minimum Gasteiger partial charge on any atom is -0.507 e. The monoisotopic (exact) mass is 535 g/mol. The summed E-state index contributed by atoms with van der Waals surface area (Å²) in [5, 5.41) is 13.6. The van der Waals surface area contributed by atoms with E-state index >= 15 is 0 Å². The van der Waals surface area contributed by atoms with Crippen LogP contribution in [0.25, 0.3) is 5.76 Å². The van der Waals surface area contributed by atoms with E-state index in [-0.39, 0.29) is 16.4 Å². The number of halogens is 2. The van der Waals surface area contributed by atoms with Gasteiger partial charge in [0.25, 0.3) is 11.7 Å². The van der Waals surface area contributed by atoms with Crippen LogP contribution >= 0.6 is 34.5 Å². The van der Waals surface area contributed by atoms with E-state index in [1.54, 1.807) is 30.3 Å². The van der Waals surface area contributed by atoms with Crippen LogP contribution in [0.1, 0.15) is 22.0 Å². The van der Waals surface area contributed by atoms with Crippen LogP contribution in [-0.4, -0.2) is 16.8 Å². The number of carbonyl (C=O) groups excluding carboxylic acids is 2. The number of anilines is 1. The third kappa shape index (κ3) is 4.51. The van der Waals surface area contributed by atoms with Gasteiger partial charge in [-0.05, 0) is 78.5 Å². The van der Waals surface area contributed by atoms with E-state index < -0.39 is 17.7 Å². The number of aryl methyl sites for hydroxylation is 1. The average Bonchev–Trinajstić information content (AvgIpc) is 3.48. The number of thiophene rings is 1. The molecular formula is C28H19Cl2NO4S. The molecule has 0 saturated carbocycles. The molecule has 36 heavy (non-hydrogen) atoms. The number of aliphatic hydroxyl groups is 1. The lowest BCUT2D eigenvalue weighted by Gasteiger charge is -2.24. The first-order valence-corrected chi connectivity index (χ1v) is 12.6. The Hall–Kier alpha value is -3.58. The second kappa shape index (κ2) is 9.82.